The molecule has 0 spiro atoms. The van der Waals surface area contributed by atoms with Gasteiger partial charge in [-0.15, -0.1) is 12.6 Å². The summed E-state index contributed by atoms with van der Waals surface area (Å²) in [7, 11) is 0. The molecule has 54 valence electrons. The highest BCUT2D eigenvalue weighted by molar-refractivity contribution is 7.80. The van der Waals surface area contributed by atoms with Crippen LogP contribution in [-0.2, 0) is 6.42 Å². The average molecular weight is 154 g/mol. The highest BCUT2D eigenvalue weighted by atomic mass is 32.1. The van der Waals surface area contributed by atoms with Crippen LogP contribution in [0, 0.1) is 0 Å². The molecule has 0 saturated heterocycles. The molecule has 0 heterocycles. The van der Waals surface area contributed by atoms with E-state index in [9.17, 15) is 0 Å². The highest BCUT2D eigenvalue weighted by Gasteiger charge is 1.93. The number of phenolic OH excluding ortho intramolecular Hbond substituents is 1. The van der Waals surface area contributed by atoms with Crippen LogP contribution in [0.5, 0.6) is 5.75 Å². The van der Waals surface area contributed by atoms with Crippen LogP contribution in [0.25, 0.3) is 0 Å². The van der Waals surface area contributed by atoms with Crippen molar-refractivity contribution in [2.24, 2.45) is 0 Å². The number of hydrogen-bond acceptors (Lipinski definition) is 2. The van der Waals surface area contributed by atoms with Crippen molar-refractivity contribution < 1.29 is 5.11 Å². The molecular formula is C8H10OS. The number of aromatic hydroxyl groups is 1. The zero-order chi connectivity index (χ0) is 7.56. The first-order chi connectivity index (χ1) is 4.72. The third kappa shape index (κ3) is 1.67. The fraction of sp³-hybridized carbons (Fsp3) is 0.250. The zero-order valence-electron chi connectivity index (χ0n) is 5.83. The number of thiol groups is 1. The van der Waals surface area contributed by atoms with E-state index in [1.807, 2.05) is 13.0 Å². The van der Waals surface area contributed by atoms with Gasteiger partial charge < -0.3 is 5.11 Å². The van der Waals surface area contributed by atoms with E-state index in [1.54, 1.807) is 12.1 Å². The lowest BCUT2D eigenvalue weighted by atomic mass is 10.2. The molecule has 1 aromatic carbocycles. The minimum Gasteiger partial charge on any atom is -0.508 e. The molecule has 0 aliphatic carbocycles. The Bertz CT molecular complexity index is 212. The molecule has 0 aromatic heterocycles. The van der Waals surface area contributed by atoms with Crippen molar-refractivity contribution >= 4 is 12.6 Å². The van der Waals surface area contributed by atoms with Gasteiger partial charge in [-0.1, -0.05) is 6.92 Å². The van der Waals surface area contributed by atoms with E-state index >= 15 is 0 Å². The molecule has 10 heavy (non-hydrogen) atoms. The lowest BCUT2D eigenvalue weighted by molar-refractivity contribution is 0.473. The van der Waals surface area contributed by atoms with Crippen LogP contribution in [0.2, 0.25) is 0 Å². The lowest BCUT2D eigenvalue weighted by Gasteiger charge is -1.98. The molecule has 0 radical (unpaired) electrons. The molecule has 1 N–H and O–H groups in total. The lowest BCUT2D eigenvalue weighted by Crippen LogP contribution is -1.78. The van der Waals surface area contributed by atoms with Crippen LogP contribution in [0.4, 0.5) is 0 Å². The summed E-state index contributed by atoms with van der Waals surface area (Å²) >= 11 is 4.12. The molecular weight excluding hydrogens is 144 g/mol. The largest absolute Gasteiger partial charge is 0.508 e. The van der Waals surface area contributed by atoms with E-state index < -0.39 is 0 Å². The van der Waals surface area contributed by atoms with Gasteiger partial charge in [0.05, 0.1) is 0 Å². The predicted octanol–water partition coefficient (Wildman–Crippen LogP) is 2.24. The van der Waals surface area contributed by atoms with Gasteiger partial charge in [-0.2, -0.15) is 0 Å². The standard InChI is InChI=1S/C8H10OS/c1-2-6-3-7(9)5-8(10)4-6/h3-5,9-10H,2H2,1H3. The van der Waals surface area contributed by atoms with Crippen LogP contribution in [-0.4, -0.2) is 5.11 Å². The van der Waals surface area contributed by atoms with Gasteiger partial charge >= 0.3 is 0 Å². The zero-order valence-corrected chi connectivity index (χ0v) is 6.73. The number of benzene rings is 1. The van der Waals surface area contributed by atoms with E-state index in [2.05, 4.69) is 12.6 Å². The summed E-state index contributed by atoms with van der Waals surface area (Å²) in [6.45, 7) is 2.04. The fourth-order valence-electron chi connectivity index (χ4n) is 0.861. The van der Waals surface area contributed by atoms with Gasteiger partial charge in [0, 0.05) is 4.90 Å². The summed E-state index contributed by atoms with van der Waals surface area (Å²) in [5.41, 5.74) is 1.12. The number of hydrogen-bond donors (Lipinski definition) is 2. The molecule has 1 aromatic rings. The first-order valence-corrected chi connectivity index (χ1v) is 3.69. The van der Waals surface area contributed by atoms with Crippen molar-refractivity contribution in [1.82, 2.24) is 0 Å². The summed E-state index contributed by atoms with van der Waals surface area (Å²) in [6.07, 6.45) is 0.932. The van der Waals surface area contributed by atoms with Crippen molar-refractivity contribution in [3.8, 4) is 5.75 Å². The second-order valence-electron chi connectivity index (χ2n) is 2.21. The Morgan fingerprint density at radius 3 is 2.60 bits per heavy atom. The Hall–Kier alpha value is -0.630. The van der Waals surface area contributed by atoms with Crippen molar-refractivity contribution in [2.45, 2.75) is 18.2 Å². The molecule has 2 heteroatoms. The maximum absolute atomic E-state index is 9.08. The summed E-state index contributed by atoms with van der Waals surface area (Å²) in [4.78, 5) is 0.817. The second kappa shape index (κ2) is 2.97. The van der Waals surface area contributed by atoms with Crippen molar-refractivity contribution in [3.05, 3.63) is 23.8 Å². The van der Waals surface area contributed by atoms with Gasteiger partial charge in [-0.3, -0.25) is 0 Å². The van der Waals surface area contributed by atoms with Gasteiger partial charge in [0.2, 0.25) is 0 Å². The van der Waals surface area contributed by atoms with Gasteiger partial charge in [0.15, 0.2) is 0 Å². The summed E-state index contributed by atoms with van der Waals surface area (Å²) in [5.74, 6) is 0.296. The smallest absolute Gasteiger partial charge is 0.116 e. The van der Waals surface area contributed by atoms with Gasteiger partial charge in [-0.25, -0.2) is 0 Å². The van der Waals surface area contributed by atoms with Gasteiger partial charge in [0.25, 0.3) is 0 Å². The quantitative estimate of drug-likeness (QED) is 0.594. The molecule has 0 unspecified atom stereocenters. The third-order valence-corrected chi connectivity index (χ3v) is 1.63. The van der Waals surface area contributed by atoms with E-state index in [1.165, 1.54) is 0 Å². The SMILES string of the molecule is CCc1cc(O)cc(S)c1. The van der Waals surface area contributed by atoms with E-state index in [0.29, 0.717) is 5.75 Å². The second-order valence-corrected chi connectivity index (χ2v) is 2.73. The van der Waals surface area contributed by atoms with Crippen molar-refractivity contribution in [2.75, 3.05) is 0 Å². The molecule has 1 rings (SSSR count). The van der Waals surface area contributed by atoms with E-state index in [0.717, 1.165) is 16.9 Å². The van der Waals surface area contributed by atoms with Crippen LogP contribution in [0.1, 0.15) is 12.5 Å². The summed E-state index contributed by atoms with van der Waals surface area (Å²) < 4.78 is 0. The first-order valence-electron chi connectivity index (χ1n) is 3.24. The van der Waals surface area contributed by atoms with Crippen LogP contribution in [0.3, 0.4) is 0 Å². The van der Waals surface area contributed by atoms with E-state index in [4.69, 9.17) is 5.11 Å². The Labute approximate surface area is 66.1 Å². The Morgan fingerprint density at radius 1 is 1.40 bits per heavy atom. The number of rotatable bonds is 1. The number of aryl methyl sites for hydroxylation is 1. The average Bonchev–Trinajstić information content (AvgIpc) is 1.85. The van der Waals surface area contributed by atoms with Gasteiger partial charge in [-0.05, 0) is 30.2 Å². The molecule has 1 nitrogen and oxygen atoms in total. The van der Waals surface area contributed by atoms with Crippen LogP contribution < -0.4 is 0 Å². The minimum absolute atomic E-state index is 0.296. The monoisotopic (exact) mass is 154 g/mol. The molecule has 0 atom stereocenters. The van der Waals surface area contributed by atoms with Crippen molar-refractivity contribution in [3.63, 3.8) is 0 Å². The maximum Gasteiger partial charge on any atom is 0.116 e. The molecule has 0 saturated carbocycles. The minimum atomic E-state index is 0.296. The highest BCUT2D eigenvalue weighted by Crippen LogP contribution is 2.18. The topological polar surface area (TPSA) is 20.2 Å². The predicted molar refractivity (Wildman–Crippen MR) is 44.7 cm³/mol. The maximum atomic E-state index is 9.08. The molecule has 0 amide bonds. The summed E-state index contributed by atoms with van der Waals surface area (Å²) in [6, 6.07) is 5.32. The first kappa shape index (κ1) is 7.48. The Balaban J connectivity index is 3.06. The molecule has 0 bridgehead atoms. The fourth-order valence-corrected chi connectivity index (χ4v) is 1.16. The third-order valence-electron chi connectivity index (χ3n) is 1.37. The normalized spacial score (nSPS) is 9.80. The Kier molecular flexibility index (Phi) is 2.22. The number of phenols is 1. The van der Waals surface area contributed by atoms with E-state index in [-0.39, 0.29) is 0 Å². The van der Waals surface area contributed by atoms with Gasteiger partial charge in [0.1, 0.15) is 5.75 Å². The van der Waals surface area contributed by atoms with Crippen molar-refractivity contribution in [1.29, 1.82) is 0 Å². The molecule has 0 aliphatic rings. The Morgan fingerprint density at radius 2 is 2.10 bits per heavy atom. The summed E-state index contributed by atoms with van der Waals surface area (Å²) in [5, 5.41) is 9.08. The van der Waals surface area contributed by atoms with Crippen LogP contribution >= 0.6 is 12.6 Å². The molecule has 0 fully saturated rings. The van der Waals surface area contributed by atoms with Crippen LogP contribution in [0.15, 0.2) is 23.1 Å². The molecule has 0 aliphatic heterocycles.